The van der Waals surface area contributed by atoms with Gasteiger partial charge in [-0.15, -0.1) is 0 Å². The van der Waals surface area contributed by atoms with Crippen molar-refractivity contribution in [3.8, 4) is 0 Å². The molecule has 2 nitrogen and oxygen atoms in total. The van der Waals surface area contributed by atoms with Gasteiger partial charge >= 0.3 is 0 Å². The maximum Gasteiger partial charge on any atom is 0.188 e. The smallest absolute Gasteiger partial charge is 0.188 e. The monoisotopic (exact) mass is 232 g/mol. The Morgan fingerprint density at radius 3 is 2.41 bits per heavy atom. The molecule has 1 aromatic carbocycles. The molecular weight excluding hydrogens is 212 g/mol. The van der Waals surface area contributed by atoms with Crippen LogP contribution in [0.1, 0.15) is 54.9 Å². The summed E-state index contributed by atoms with van der Waals surface area (Å²) in [4.78, 5) is 11.8. The molecule has 1 aliphatic rings. The van der Waals surface area contributed by atoms with Crippen LogP contribution in [0.5, 0.6) is 0 Å². The third kappa shape index (κ3) is 3.16. The van der Waals surface area contributed by atoms with Gasteiger partial charge in [-0.05, 0) is 30.7 Å². The van der Waals surface area contributed by atoms with Gasteiger partial charge < -0.3 is 4.74 Å². The molecule has 0 N–H and O–H groups in total. The summed E-state index contributed by atoms with van der Waals surface area (Å²) in [7, 11) is 0. The van der Waals surface area contributed by atoms with E-state index in [2.05, 4.69) is 13.8 Å². The number of benzene rings is 1. The predicted octanol–water partition coefficient (Wildman–Crippen LogP) is 3.56. The Kier molecular flexibility index (Phi) is 3.95. The first-order valence-corrected chi connectivity index (χ1v) is 6.41. The first kappa shape index (κ1) is 12.3. The van der Waals surface area contributed by atoms with Crippen LogP contribution < -0.4 is 0 Å². The number of rotatable bonds is 5. The minimum atomic E-state index is 0.0900. The highest BCUT2D eigenvalue weighted by Gasteiger charge is 2.19. The van der Waals surface area contributed by atoms with Crippen molar-refractivity contribution in [3.05, 3.63) is 35.4 Å². The van der Waals surface area contributed by atoms with Crippen molar-refractivity contribution in [1.29, 1.82) is 0 Å². The van der Waals surface area contributed by atoms with E-state index in [1.165, 1.54) is 12.0 Å². The number of ketones is 1. The summed E-state index contributed by atoms with van der Waals surface area (Å²) in [6.07, 6.45) is 3.79. The lowest BCUT2D eigenvalue weighted by Crippen LogP contribution is -2.24. The van der Waals surface area contributed by atoms with Gasteiger partial charge in [0.05, 0.1) is 6.10 Å². The average molecular weight is 232 g/mol. The summed E-state index contributed by atoms with van der Waals surface area (Å²) in [5.41, 5.74) is 2.02. The lowest BCUT2D eigenvalue weighted by molar-refractivity contribution is 0.00731. The second-order valence-electron chi connectivity index (χ2n) is 5.06. The molecule has 0 bridgehead atoms. The molecule has 1 fully saturated rings. The standard InChI is InChI=1S/C15H20O2/c1-11(2)12-6-8-13(9-7-12)15(16)10-17-14-4-3-5-14/h6-9,11,14H,3-5,10H2,1-2H3. The summed E-state index contributed by atoms with van der Waals surface area (Å²) in [5.74, 6) is 0.595. The molecule has 1 aliphatic carbocycles. The quantitative estimate of drug-likeness (QED) is 0.725. The average Bonchev–Trinajstić information content (AvgIpc) is 2.27. The van der Waals surface area contributed by atoms with E-state index in [9.17, 15) is 4.79 Å². The third-order valence-electron chi connectivity index (χ3n) is 3.40. The molecule has 0 unspecified atom stereocenters. The van der Waals surface area contributed by atoms with Crippen molar-refractivity contribution in [2.45, 2.75) is 45.1 Å². The van der Waals surface area contributed by atoms with Gasteiger partial charge in [0.1, 0.15) is 6.61 Å². The van der Waals surface area contributed by atoms with Gasteiger partial charge in [0, 0.05) is 5.56 Å². The molecule has 2 rings (SSSR count). The van der Waals surface area contributed by atoms with Crippen LogP contribution in [0, 0.1) is 0 Å². The van der Waals surface area contributed by atoms with Crippen molar-refractivity contribution in [2.24, 2.45) is 0 Å². The van der Waals surface area contributed by atoms with Crippen LogP contribution in [0.15, 0.2) is 24.3 Å². The molecule has 17 heavy (non-hydrogen) atoms. The van der Waals surface area contributed by atoms with E-state index in [0.717, 1.165) is 18.4 Å². The molecule has 0 spiro atoms. The van der Waals surface area contributed by atoms with Crippen LogP contribution in [-0.2, 0) is 4.74 Å². The Hall–Kier alpha value is -1.15. The van der Waals surface area contributed by atoms with Crippen LogP contribution in [0.4, 0.5) is 0 Å². The minimum absolute atomic E-state index is 0.0900. The van der Waals surface area contributed by atoms with Gasteiger partial charge in [-0.3, -0.25) is 4.79 Å². The molecular formula is C15H20O2. The van der Waals surface area contributed by atoms with Gasteiger partial charge in [0.25, 0.3) is 0 Å². The number of hydrogen-bond acceptors (Lipinski definition) is 2. The topological polar surface area (TPSA) is 26.3 Å². The first-order valence-electron chi connectivity index (χ1n) is 6.41. The molecule has 2 heteroatoms. The fraction of sp³-hybridized carbons (Fsp3) is 0.533. The second-order valence-corrected chi connectivity index (χ2v) is 5.06. The predicted molar refractivity (Wildman–Crippen MR) is 68.5 cm³/mol. The molecule has 0 amide bonds. The van der Waals surface area contributed by atoms with Crippen LogP contribution in [-0.4, -0.2) is 18.5 Å². The first-order chi connectivity index (χ1) is 8.16. The highest BCUT2D eigenvalue weighted by Crippen LogP contribution is 2.22. The van der Waals surface area contributed by atoms with Crippen molar-refractivity contribution < 1.29 is 9.53 Å². The van der Waals surface area contributed by atoms with E-state index in [0.29, 0.717) is 12.0 Å². The third-order valence-corrected chi connectivity index (χ3v) is 3.40. The molecule has 1 saturated carbocycles. The Labute approximate surface area is 103 Å². The zero-order valence-corrected chi connectivity index (χ0v) is 10.6. The summed E-state index contributed by atoms with van der Waals surface area (Å²) >= 11 is 0. The number of carbonyl (C=O) groups is 1. The summed E-state index contributed by atoms with van der Waals surface area (Å²) in [6, 6.07) is 7.87. The van der Waals surface area contributed by atoms with E-state index in [1.54, 1.807) is 0 Å². The van der Waals surface area contributed by atoms with Gasteiger partial charge in [-0.1, -0.05) is 38.1 Å². The minimum Gasteiger partial charge on any atom is -0.370 e. The van der Waals surface area contributed by atoms with E-state index in [-0.39, 0.29) is 12.4 Å². The molecule has 92 valence electrons. The van der Waals surface area contributed by atoms with E-state index in [1.807, 2.05) is 24.3 Å². The van der Waals surface area contributed by atoms with Crippen LogP contribution in [0.25, 0.3) is 0 Å². The highest BCUT2D eigenvalue weighted by atomic mass is 16.5. The Morgan fingerprint density at radius 2 is 1.94 bits per heavy atom. The van der Waals surface area contributed by atoms with Gasteiger partial charge in [-0.2, -0.15) is 0 Å². The normalized spacial score (nSPS) is 15.9. The van der Waals surface area contributed by atoms with Crippen molar-refractivity contribution in [1.82, 2.24) is 0 Å². The molecule has 0 saturated heterocycles. The van der Waals surface area contributed by atoms with Crippen LogP contribution in [0.2, 0.25) is 0 Å². The summed E-state index contributed by atoms with van der Waals surface area (Å²) in [5, 5.41) is 0. The molecule has 0 radical (unpaired) electrons. The second kappa shape index (κ2) is 5.46. The van der Waals surface area contributed by atoms with E-state index in [4.69, 9.17) is 4.74 Å². The van der Waals surface area contributed by atoms with Crippen molar-refractivity contribution in [2.75, 3.05) is 6.61 Å². The summed E-state index contributed by atoms with van der Waals surface area (Å²) < 4.78 is 5.52. The lowest BCUT2D eigenvalue weighted by Gasteiger charge is -2.25. The molecule has 0 aliphatic heterocycles. The molecule has 0 aromatic heterocycles. The number of Topliss-reactive ketones (excluding diaryl/α,β-unsaturated/α-hetero) is 1. The molecule has 1 aromatic rings. The van der Waals surface area contributed by atoms with Gasteiger partial charge in [0.15, 0.2) is 5.78 Å². The SMILES string of the molecule is CC(C)c1ccc(C(=O)COC2CCC2)cc1. The van der Waals surface area contributed by atoms with E-state index >= 15 is 0 Å². The fourth-order valence-electron chi connectivity index (χ4n) is 1.87. The maximum atomic E-state index is 11.8. The Morgan fingerprint density at radius 1 is 1.29 bits per heavy atom. The maximum absolute atomic E-state index is 11.8. The van der Waals surface area contributed by atoms with Crippen molar-refractivity contribution >= 4 is 5.78 Å². The number of hydrogen-bond donors (Lipinski definition) is 0. The molecule has 0 atom stereocenters. The fourth-order valence-corrected chi connectivity index (χ4v) is 1.87. The zero-order chi connectivity index (χ0) is 12.3. The van der Waals surface area contributed by atoms with Crippen LogP contribution in [0.3, 0.4) is 0 Å². The number of carbonyl (C=O) groups excluding carboxylic acids is 1. The Balaban J connectivity index is 1.89. The highest BCUT2D eigenvalue weighted by molar-refractivity contribution is 5.97. The molecule has 0 heterocycles. The van der Waals surface area contributed by atoms with Gasteiger partial charge in [0.2, 0.25) is 0 Å². The Bertz CT molecular complexity index is 374. The zero-order valence-electron chi connectivity index (χ0n) is 10.6. The lowest BCUT2D eigenvalue weighted by atomic mass is 9.96. The number of ether oxygens (including phenoxy) is 1. The van der Waals surface area contributed by atoms with Gasteiger partial charge in [-0.25, -0.2) is 0 Å². The largest absolute Gasteiger partial charge is 0.370 e. The van der Waals surface area contributed by atoms with Crippen molar-refractivity contribution in [3.63, 3.8) is 0 Å². The van der Waals surface area contributed by atoms with E-state index < -0.39 is 0 Å². The summed E-state index contributed by atoms with van der Waals surface area (Å²) in [6.45, 7) is 4.53. The van der Waals surface area contributed by atoms with Crippen LogP contribution >= 0.6 is 0 Å².